The largest absolute Gasteiger partial charge is 0.496 e. The predicted octanol–water partition coefficient (Wildman–Crippen LogP) is 4.56. The first-order valence-corrected chi connectivity index (χ1v) is 7.79. The first kappa shape index (κ1) is 16.5. The van der Waals surface area contributed by atoms with E-state index in [9.17, 15) is 0 Å². The maximum absolute atomic E-state index is 5.39. The molecule has 0 fully saturated rings. The highest BCUT2D eigenvalue weighted by molar-refractivity contribution is 9.10. The lowest BCUT2D eigenvalue weighted by Crippen LogP contribution is -2.36. The molecule has 0 saturated carbocycles. The summed E-state index contributed by atoms with van der Waals surface area (Å²) >= 11 is 3.52. The quantitative estimate of drug-likeness (QED) is 0.741. The average molecular weight is 328 g/mol. The van der Waals surface area contributed by atoms with Crippen LogP contribution in [0.1, 0.15) is 45.6 Å². The smallest absolute Gasteiger partial charge is 0.122 e. The highest BCUT2D eigenvalue weighted by atomic mass is 79.9. The van der Waals surface area contributed by atoms with Crippen LogP contribution < -0.4 is 10.1 Å². The average Bonchev–Trinajstić information content (AvgIpc) is 2.32. The topological polar surface area (TPSA) is 21.3 Å². The van der Waals surface area contributed by atoms with Crippen molar-refractivity contribution in [3.8, 4) is 5.75 Å². The van der Waals surface area contributed by atoms with Gasteiger partial charge in [0.2, 0.25) is 0 Å². The van der Waals surface area contributed by atoms with Gasteiger partial charge in [-0.25, -0.2) is 0 Å². The highest BCUT2D eigenvalue weighted by Crippen LogP contribution is 2.24. The Kier molecular flexibility index (Phi) is 6.87. The number of hydrogen-bond donors (Lipinski definition) is 1. The molecule has 1 rings (SSSR count). The van der Waals surface area contributed by atoms with E-state index < -0.39 is 0 Å². The molecule has 1 N–H and O–H groups in total. The van der Waals surface area contributed by atoms with Crippen LogP contribution in [0.15, 0.2) is 22.7 Å². The van der Waals surface area contributed by atoms with Gasteiger partial charge in [-0.3, -0.25) is 0 Å². The second-order valence-electron chi connectivity index (χ2n) is 5.94. The normalized spacial score (nSPS) is 11.6. The Morgan fingerprint density at radius 1 is 1.16 bits per heavy atom. The summed E-state index contributed by atoms with van der Waals surface area (Å²) in [5, 5.41) is 3.52. The van der Waals surface area contributed by atoms with Crippen molar-refractivity contribution in [1.82, 2.24) is 5.32 Å². The van der Waals surface area contributed by atoms with Gasteiger partial charge in [-0.1, -0.05) is 22.4 Å². The van der Waals surface area contributed by atoms with Crippen molar-refractivity contribution in [2.75, 3.05) is 13.7 Å². The molecule has 1 aromatic carbocycles. The van der Waals surface area contributed by atoms with E-state index in [1.165, 1.54) is 24.8 Å². The molecule has 0 bridgehead atoms. The van der Waals surface area contributed by atoms with Crippen LogP contribution in [0.5, 0.6) is 5.75 Å². The molecule has 0 aliphatic heterocycles. The van der Waals surface area contributed by atoms with Gasteiger partial charge in [0, 0.05) is 10.0 Å². The van der Waals surface area contributed by atoms with Gasteiger partial charge in [0.1, 0.15) is 5.75 Å². The number of ether oxygens (including phenoxy) is 1. The van der Waals surface area contributed by atoms with Crippen LogP contribution in [0.25, 0.3) is 0 Å². The third-order valence-electron chi connectivity index (χ3n) is 3.02. The number of benzene rings is 1. The van der Waals surface area contributed by atoms with Crippen LogP contribution in [0.4, 0.5) is 0 Å². The molecule has 0 amide bonds. The number of hydrogen-bond acceptors (Lipinski definition) is 2. The zero-order valence-corrected chi connectivity index (χ0v) is 14.1. The van der Waals surface area contributed by atoms with E-state index in [1.54, 1.807) is 7.11 Å². The highest BCUT2D eigenvalue weighted by Gasteiger charge is 2.07. The van der Waals surface area contributed by atoms with Gasteiger partial charge in [0.05, 0.1) is 7.11 Å². The second kappa shape index (κ2) is 7.91. The standard InChI is InChI=1S/C16H26BrNO/c1-16(2,3)18-11-7-5-6-8-13-12-14(17)9-10-15(13)19-4/h9-10,12,18H,5-8,11H2,1-4H3. The van der Waals surface area contributed by atoms with Crippen LogP contribution in [-0.2, 0) is 6.42 Å². The first-order valence-electron chi connectivity index (χ1n) is 7.00. The van der Waals surface area contributed by atoms with Crippen molar-refractivity contribution >= 4 is 15.9 Å². The SMILES string of the molecule is COc1ccc(Br)cc1CCCCCNC(C)(C)C. The Balaban J connectivity index is 2.28. The molecule has 0 radical (unpaired) electrons. The monoisotopic (exact) mass is 327 g/mol. The van der Waals surface area contributed by atoms with Gasteiger partial charge in [-0.05, 0) is 70.3 Å². The maximum atomic E-state index is 5.39. The summed E-state index contributed by atoms with van der Waals surface area (Å²) in [6, 6.07) is 6.21. The number of aryl methyl sites for hydroxylation is 1. The first-order chi connectivity index (χ1) is 8.92. The van der Waals surface area contributed by atoms with Gasteiger partial charge in [-0.15, -0.1) is 0 Å². The molecule has 0 unspecified atom stereocenters. The summed E-state index contributed by atoms with van der Waals surface area (Å²) in [5.74, 6) is 0.996. The molecule has 0 aliphatic carbocycles. The van der Waals surface area contributed by atoms with Gasteiger partial charge < -0.3 is 10.1 Å². The van der Waals surface area contributed by atoms with E-state index in [2.05, 4.69) is 48.1 Å². The fourth-order valence-corrected chi connectivity index (χ4v) is 2.43. The molecule has 3 heteroatoms. The number of nitrogens with one attached hydrogen (secondary N) is 1. The molecule has 19 heavy (non-hydrogen) atoms. The Labute approximate surface area is 126 Å². The summed E-state index contributed by atoms with van der Waals surface area (Å²) in [5.41, 5.74) is 1.52. The molecule has 0 aromatic heterocycles. The molecule has 0 aliphatic rings. The van der Waals surface area contributed by atoms with Crippen LogP contribution in [0.2, 0.25) is 0 Å². The van der Waals surface area contributed by atoms with Crippen LogP contribution >= 0.6 is 15.9 Å². The van der Waals surface area contributed by atoms with Crippen molar-refractivity contribution in [3.05, 3.63) is 28.2 Å². The zero-order valence-electron chi connectivity index (χ0n) is 12.6. The summed E-state index contributed by atoms with van der Waals surface area (Å²) in [7, 11) is 1.74. The van der Waals surface area contributed by atoms with Crippen molar-refractivity contribution in [1.29, 1.82) is 0 Å². The van der Waals surface area contributed by atoms with E-state index in [0.29, 0.717) is 0 Å². The Morgan fingerprint density at radius 3 is 2.53 bits per heavy atom. The minimum atomic E-state index is 0.230. The predicted molar refractivity (Wildman–Crippen MR) is 86.0 cm³/mol. The van der Waals surface area contributed by atoms with Gasteiger partial charge in [0.25, 0.3) is 0 Å². The molecule has 0 atom stereocenters. The van der Waals surface area contributed by atoms with E-state index in [1.807, 2.05) is 12.1 Å². The molecule has 0 saturated heterocycles. The van der Waals surface area contributed by atoms with Crippen molar-refractivity contribution in [3.63, 3.8) is 0 Å². The van der Waals surface area contributed by atoms with Gasteiger partial charge in [0.15, 0.2) is 0 Å². The van der Waals surface area contributed by atoms with E-state index >= 15 is 0 Å². The Hall–Kier alpha value is -0.540. The van der Waals surface area contributed by atoms with Crippen molar-refractivity contribution in [2.45, 2.75) is 52.0 Å². The van der Waals surface area contributed by atoms with E-state index in [0.717, 1.165) is 23.2 Å². The maximum Gasteiger partial charge on any atom is 0.122 e. The number of unbranched alkanes of at least 4 members (excludes halogenated alkanes) is 2. The third-order valence-corrected chi connectivity index (χ3v) is 3.51. The molecule has 0 heterocycles. The van der Waals surface area contributed by atoms with Crippen molar-refractivity contribution in [2.24, 2.45) is 0 Å². The van der Waals surface area contributed by atoms with Crippen LogP contribution in [0, 0.1) is 0 Å². The second-order valence-corrected chi connectivity index (χ2v) is 6.86. The van der Waals surface area contributed by atoms with Crippen LogP contribution in [0.3, 0.4) is 0 Å². The lowest BCUT2D eigenvalue weighted by atomic mass is 10.1. The molecular formula is C16H26BrNO. The lowest BCUT2D eigenvalue weighted by molar-refractivity contribution is 0.406. The van der Waals surface area contributed by atoms with Crippen LogP contribution in [-0.4, -0.2) is 19.2 Å². The summed E-state index contributed by atoms with van der Waals surface area (Å²) in [6.07, 6.45) is 4.77. The lowest BCUT2D eigenvalue weighted by Gasteiger charge is -2.20. The molecule has 1 aromatic rings. The Bertz CT molecular complexity index is 385. The molecule has 0 spiro atoms. The fourth-order valence-electron chi connectivity index (χ4n) is 2.02. The van der Waals surface area contributed by atoms with E-state index in [4.69, 9.17) is 4.74 Å². The molecule has 2 nitrogen and oxygen atoms in total. The number of methoxy groups -OCH3 is 1. The van der Waals surface area contributed by atoms with E-state index in [-0.39, 0.29) is 5.54 Å². The molecular weight excluding hydrogens is 302 g/mol. The number of rotatable bonds is 7. The number of halogens is 1. The zero-order chi connectivity index (χ0) is 14.3. The summed E-state index contributed by atoms with van der Waals surface area (Å²) < 4.78 is 6.51. The molecule has 108 valence electrons. The van der Waals surface area contributed by atoms with Crippen molar-refractivity contribution < 1.29 is 4.74 Å². The fraction of sp³-hybridized carbons (Fsp3) is 0.625. The summed E-state index contributed by atoms with van der Waals surface area (Å²) in [4.78, 5) is 0. The van der Waals surface area contributed by atoms with Gasteiger partial charge >= 0.3 is 0 Å². The third kappa shape index (κ3) is 6.98. The minimum Gasteiger partial charge on any atom is -0.496 e. The minimum absolute atomic E-state index is 0.230. The Morgan fingerprint density at radius 2 is 1.89 bits per heavy atom. The van der Waals surface area contributed by atoms with Gasteiger partial charge in [-0.2, -0.15) is 0 Å². The summed E-state index contributed by atoms with van der Waals surface area (Å²) in [6.45, 7) is 7.72.